The van der Waals surface area contributed by atoms with E-state index in [1.807, 2.05) is 41.2 Å². The normalized spacial score (nSPS) is 11.0. The number of rotatable bonds is 7. The Bertz CT molecular complexity index is 783. The van der Waals surface area contributed by atoms with Crippen molar-refractivity contribution in [3.8, 4) is 0 Å². The number of hydrogen-bond acceptors (Lipinski definition) is 3. The van der Waals surface area contributed by atoms with Crippen LogP contribution in [0.5, 0.6) is 0 Å². The molecule has 7 heteroatoms. The lowest BCUT2D eigenvalue weighted by atomic mass is 10.2. The van der Waals surface area contributed by atoms with Crippen molar-refractivity contribution in [2.24, 2.45) is 4.99 Å². The Hall–Kier alpha value is -2.29. The van der Waals surface area contributed by atoms with Crippen molar-refractivity contribution in [1.29, 1.82) is 0 Å². The van der Waals surface area contributed by atoms with E-state index in [-0.39, 0.29) is 24.0 Å². The van der Waals surface area contributed by atoms with Gasteiger partial charge in [0, 0.05) is 38.3 Å². The fourth-order valence-corrected chi connectivity index (χ4v) is 2.52. The number of nitrogens with one attached hydrogen (secondary N) is 2. The maximum Gasteiger partial charge on any atom is 0.191 e. The van der Waals surface area contributed by atoms with Gasteiger partial charge in [0.2, 0.25) is 0 Å². The van der Waals surface area contributed by atoms with Crippen LogP contribution in [0.4, 0.5) is 0 Å². The van der Waals surface area contributed by atoms with Crippen molar-refractivity contribution in [3.63, 3.8) is 0 Å². The highest BCUT2D eigenvalue weighted by molar-refractivity contribution is 14.0. The molecule has 0 atom stereocenters. The molecule has 2 heterocycles. The third-order valence-corrected chi connectivity index (χ3v) is 3.80. The average molecular weight is 465 g/mol. The Kier molecular flexibility index (Phi) is 8.20. The summed E-state index contributed by atoms with van der Waals surface area (Å²) in [5.74, 6) is 1.73. The second kappa shape index (κ2) is 10.6. The second-order valence-corrected chi connectivity index (χ2v) is 5.71. The Morgan fingerprint density at radius 3 is 2.69 bits per heavy atom. The molecule has 2 aromatic heterocycles. The molecule has 26 heavy (non-hydrogen) atoms. The Labute approximate surface area is 170 Å². The summed E-state index contributed by atoms with van der Waals surface area (Å²) >= 11 is 0. The third kappa shape index (κ3) is 6.21. The van der Waals surface area contributed by atoms with Gasteiger partial charge in [0.25, 0.3) is 0 Å². The van der Waals surface area contributed by atoms with Crippen molar-refractivity contribution < 1.29 is 4.42 Å². The first-order valence-corrected chi connectivity index (χ1v) is 8.35. The molecular formula is C19H24IN5O. The first-order chi connectivity index (χ1) is 12.3. The first kappa shape index (κ1) is 20.0. The van der Waals surface area contributed by atoms with E-state index in [0.717, 1.165) is 36.8 Å². The number of aliphatic imine (C=N–C) groups is 1. The zero-order chi connectivity index (χ0) is 17.3. The minimum atomic E-state index is 0. The molecule has 6 nitrogen and oxygen atoms in total. The van der Waals surface area contributed by atoms with E-state index >= 15 is 0 Å². The number of benzene rings is 1. The molecule has 0 aliphatic carbocycles. The third-order valence-electron chi connectivity index (χ3n) is 3.80. The van der Waals surface area contributed by atoms with Crippen molar-refractivity contribution >= 4 is 29.9 Å². The quantitative estimate of drug-likeness (QED) is 0.320. The van der Waals surface area contributed by atoms with E-state index in [0.29, 0.717) is 6.54 Å². The Morgan fingerprint density at radius 2 is 1.96 bits per heavy atom. The van der Waals surface area contributed by atoms with Gasteiger partial charge in [-0.05, 0) is 17.7 Å². The number of guanidine groups is 1. The lowest BCUT2D eigenvalue weighted by Gasteiger charge is -2.10. The van der Waals surface area contributed by atoms with Gasteiger partial charge in [-0.1, -0.05) is 30.3 Å². The fourth-order valence-electron chi connectivity index (χ4n) is 2.52. The standard InChI is InChI=1S/C19H23N5O.HI/c1-20-19(21-10-9-18-8-5-11-25-18)22-12-17-13-23-24(15-17)14-16-6-3-2-4-7-16;/h2-8,11,13,15H,9-10,12,14H2,1H3,(H2,20,21,22);1H. The summed E-state index contributed by atoms with van der Waals surface area (Å²) in [5, 5.41) is 11.0. The number of hydrogen-bond donors (Lipinski definition) is 2. The SMILES string of the molecule is CN=C(NCCc1ccco1)NCc1cnn(Cc2ccccc2)c1.I. The van der Waals surface area contributed by atoms with E-state index in [2.05, 4.69) is 39.1 Å². The summed E-state index contributed by atoms with van der Waals surface area (Å²) in [6, 6.07) is 14.2. The molecule has 3 aromatic rings. The van der Waals surface area contributed by atoms with E-state index in [1.165, 1.54) is 5.56 Å². The predicted octanol–water partition coefficient (Wildman–Crippen LogP) is 3.05. The largest absolute Gasteiger partial charge is 0.469 e. The maximum absolute atomic E-state index is 5.32. The molecule has 0 aliphatic rings. The molecule has 0 saturated carbocycles. The lowest BCUT2D eigenvalue weighted by Crippen LogP contribution is -2.37. The number of furan rings is 1. The second-order valence-electron chi connectivity index (χ2n) is 5.71. The van der Waals surface area contributed by atoms with Gasteiger partial charge in [0.1, 0.15) is 5.76 Å². The average Bonchev–Trinajstić information content (AvgIpc) is 3.31. The van der Waals surface area contributed by atoms with Gasteiger partial charge in [-0.2, -0.15) is 5.10 Å². The molecule has 0 bridgehead atoms. The van der Waals surface area contributed by atoms with Crippen LogP contribution in [0.3, 0.4) is 0 Å². The highest BCUT2D eigenvalue weighted by Crippen LogP contribution is 2.04. The summed E-state index contributed by atoms with van der Waals surface area (Å²) in [7, 11) is 1.76. The molecule has 2 N–H and O–H groups in total. The number of aromatic nitrogens is 2. The van der Waals surface area contributed by atoms with Gasteiger partial charge in [0.05, 0.1) is 19.0 Å². The van der Waals surface area contributed by atoms with Crippen molar-refractivity contribution in [3.05, 3.63) is 78.0 Å². The van der Waals surface area contributed by atoms with Gasteiger partial charge in [0.15, 0.2) is 5.96 Å². The van der Waals surface area contributed by atoms with E-state index in [1.54, 1.807) is 13.3 Å². The summed E-state index contributed by atoms with van der Waals surface area (Å²) in [5.41, 5.74) is 2.35. The van der Waals surface area contributed by atoms with Gasteiger partial charge in [-0.15, -0.1) is 24.0 Å². The van der Waals surface area contributed by atoms with Crippen LogP contribution in [-0.2, 0) is 19.5 Å². The number of halogens is 1. The minimum Gasteiger partial charge on any atom is -0.469 e. The zero-order valence-electron chi connectivity index (χ0n) is 14.8. The summed E-state index contributed by atoms with van der Waals surface area (Å²) in [6.45, 7) is 2.21. The van der Waals surface area contributed by atoms with Crippen LogP contribution in [0.1, 0.15) is 16.9 Å². The smallest absolute Gasteiger partial charge is 0.191 e. The van der Waals surface area contributed by atoms with Crippen LogP contribution in [0.2, 0.25) is 0 Å². The van der Waals surface area contributed by atoms with Crippen LogP contribution in [0.25, 0.3) is 0 Å². The topological polar surface area (TPSA) is 67.4 Å². The highest BCUT2D eigenvalue weighted by atomic mass is 127. The summed E-state index contributed by atoms with van der Waals surface area (Å²) in [6.07, 6.45) is 6.44. The minimum absolute atomic E-state index is 0. The van der Waals surface area contributed by atoms with Crippen molar-refractivity contribution in [2.75, 3.05) is 13.6 Å². The van der Waals surface area contributed by atoms with Crippen LogP contribution in [0, 0.1) is 0 Å². The van der Waals surface area contributed by atoms with Gasteiger partial charge in [-0.3, -0.25) is 9.67 Å². The van der Waals surface area contributed by atoms with E-state index < -0.39 is 0 Å². The molecule has 0 spiro atoms. The molecule has 0 amide bonds. The van der Waals surface area contributed by atoms with Crippen LogP contribution < -0.4 is 10.6 Å². The lowest BCUT2D eigenvalue weighted by molar-refractivity contribution is 0.507. The fraction of sp³-hybridized carbons (Fsp3) is 0.263. The molecule has 0 unspecified atom stereocenters. The van der Waals surface area contributed by atoms with Crippen LogP contribution >= 0.6 is 24.0 Å². The van der Waals surface area contributed by atoms with Crippen LogP contribution in [0.15, 0.2) is 70.5 Å². The Balaban J connectivity index is 0.00000243. The molecule has 0 fully saturated rings. The summed E-state index contributed by atoms with van der Waals surface area (Å²) in [4.78, 5) is 4.23. The summed E-state index contributed by atoms with van der Waals surface area (Å²) < 4.78 is 7.26. The highest BCUT2D eigenvalue weighted by Gasteiger charge is 2.03. The van der Waals surface area contributed by atoms with Crippen molar-refractivity contribution in [1.82, 2.24) is 20.4 Å². The van der Waals surface area contributed by atoms with Gasteiger partial charge < -0.3 is 15.1 Å². The molecule has 0 radical (unpaired) electrons. The van der Waals surface area contributed by atoms with E-state index in [9.17, 15) is 0 Å². The maximum atomic E-state index is 5.32. The first-order valence-electron chi connectivity index (χ1n) is 8.35. The molecule has 1 aromatic carbocycles. The van der Waals surface area contributed by atoms with Crippen LogP contribution in [-0.4, -0.2) is 29.3 Å². The van der Waals surface area contributed by atoms with Crippen molar-refractivity contribution in [2.45, 2.75) is 19.5 Å². The molecule has 0 aliphatic heterocycles. The monoisotopic (exact) mass is 465 g/mol. The molecule has 3 rings (SSSR count). The zero-order valence-corrected chi connectivity index (χ0v) is 17.1. The van der Waals surface area contributed by atoms with Gasteiger partial charge in [-0.25, -0.2) is 0 Å². The van der Waals surface area contributed by atoms with E-state index in [4.69, 9.17) is 4.42 Å². The van der Waals surface area contributed by atoms with Gasteiger partial charge >= 0.3 is 0 Å². The molecular weight excluding hydrogens is 441 g/mol. The number of nitrogens with zero attached hydrogens (tertiary/aromatic N) is 3. The Morgan fingerprint density at radius 1 is 1.12 bits per heavy atom. The molecule has 0 saturated heterocycles. The predicted molar refractivity (Wildman–Crippen MR) is 114 cm³/mol. The molecule has 138 valence electrons.